The summed E-state index contributed by atoms with van der Waals surface area (Å²) in [5.74, 6) is 0.902. The van der Waals surface area contributed by atoms with Crippen LogP contribution in [0.1, 0.15) is 66.2 Å². The van der Waals surface area contributed by atoms with Crippen LogP contribution in [0.2, 0.25) is 0 Å². The summed E-state index contributed by atoms with van der Waals surface area (Å²) in [5, 5.41) is 0. The van der Waals surface area contributed by atoms with Crippen molar-refractivity contribution in [1.29, 1.82) is 0 Å². The Morgan fingerprint density at radius 3 is 2.39 bits per heavy atom. The van der Waals surface area contributed by atoms with Gasteiger partial charge < -0.3 is 15.6 Å². The second-order valence-electron chi connectivity index (χ2n) is 9.12. The normalized spacial score (nSPS) is 20.1. The molecular weight excluding hydrogens is 342 g/mol. The Labute approximate surface area is 170 Å². The number of benzene rings is 1. The Balaban J connectivity index is 1.80. The summed E-state index contributed by atoms with van der Waals surface area (Å²) in [5.41, 5.74) is 16.7. The Hall–Kier alpha value is -2.00. The number of nitrogens with zero attached hydrogens (tertiary/aromatic N) is 1. The van der Waals surface area contributed by atoms with Crippen molar-refractivity contribution in [3.8, 4) is 0 Å². The number of hydrogen-bond donors (Lipinski definition) is 2. The number of hydrogen-bond acceptors (Lipinski definition) is 2. The molecule has 1 aromatic carbocycles. The van der Waals surface area contributed by atoms with E-state index in [1.165, 1.54) is 64.2 Å². The maximum absolute atomic E-state index is 6.03. The fourth-order valence-corrected chi connectivity index (χ4v) is 5.25. The van der Waals surface area contributed by atoms with Crippen LogP contribution >= 0.6 is 0 Å². The van der Waals surface area contributed by atoms with E-state index in [0.717, 1.165) is 18.9 Å². The summed E-state index contributed by atoms with van der Waals surface area (Å²) >= 11 is 0. The molecule has 1 aromatic heterocycles. The lowest BCUT2D eigenvalue weighted by Crippen LogP contribution is -2.44. The number of nitrogens with two attached hydrogens (primary N) is 1. The molecule has 2 unspecified atom stereocenters. The maximum atomic E-state index is 6.03. The summed E-state index contributed by atoms with van der Waals surface area (Å²) in [6.45, 7) is 11.9. The van der Waals surface area contributed by atoms with Gasteiger partial charge in [-0.3, -0.25) is 0 Å². The van der Waals surface area contributed by atoms with Crippen LogP contribution in [-0.4, -0.2) is 23.6 Å². The van der Waals surface area contributed by atoms with Crippen molar-refractivity contribution in [2.24, 2.45) is 11.7 Å². The van der Waals surface area contributed by atoms with Crippen LogP contribution in [0.4, 0.5) is 5.69 Å². The van der Waals surface area contributed by atoms with Gasteiger partial charge in [0.15, 0.2) is 0 Å². The standard InChI is InChI=1S/C25H35N3/c1-15-10-16(2)24(17(3)11-15)22-13-19(5)28(23-12-18(4)27-25(22)23)21(8-9-26)14-20-6-7-20/h10-13,19-21,27H,6-9,14,26H2,1-5H3. The Morgan fingerprint density at radius 1 is 1.11 bits per heavy atom. The predicted molar refractivity (Wildman–Crippen MR) is 120 cm³/mol. The summed E-state index contributed by atoms with van der Waals surface area (Å²) in [4.78, 5) is 6.33. The van der Waals surface area contributed by atoms with Gasteiger partial charge in [-0.15, -0.1) is 0 Å². The summed E-state index contributed by atoms with van der Waals surface area (Å²) in [7, 11) is 0. The van der Waals surface area contributed by atoms with E-state index in [4.69, 9.17) is 5.73 Å². The predicted octanol–water partition coefficient (Wildman–Crippen LogP) is 5.41. The molecule has 1 aliphatic heterocycles. The third-order valence-corrected chi connectivity index (χ3v) is 6.47. The molecule has 1 aliphatic carbocycles. The topological polar surface area (TPSA) is 45.0 Å². The van der Waals surface area contributed by atoms with Gasteiger partial charge in [-0.25, -0.2) is 0 Å². The zero-order valence-electron chi connectivity index (χ0n) is 18.1. The molecule has 150 valence electrons. The molecule has 28 heavy (non-hydrogen) atoms. The Kier molecular flexibility index (Phi) is 5.13. The van der Waals surface area contributed by atoms with Crippen LogP contribution < -0.4 is 10.6 Å². The molecule has 3 N–H and O–H groups in total. The van der Waals surface area contributed by atoms with E-state index in [-0.39, 0.29) is 0 Å². The Bertz CT molecular complexity index is 878. The number of rotatable bonds is 6. The lowest BCUT2D eigenvalue weighted by atomic mass is 9.87. The van der Waals surface area contributed by atoms with Gasteiger partial charge in [-0.05, 0) is 82.7 Å². The highest BCUT2D eigenvalue weighted by Crippen LogP contribution is 2.44. The van der Waals surface area contributed by atoms with Crippen molar-refractivity contribution in [2.75, 3.05) is 11.4 Å². The number of anilines is 1. The summed E-state index contributed by atoms with van der Waals surface area (Å²) in [6, 6.07) is 7.85. The molecule has 2 heterocycles. The SMILES string of the molecule is Cc1cc(C)c(C2=CC(C)N(C(CCN)CC3CC3)c3cc(C)[nH]c32)c(C)c1. The van der Waals surface area contributed by atoms with Crippen molar-refractivity contribution in [3.63, 3.8) is 0 Å². The van der Waals surface area contributed by atoms with Crippen molar-refractivity contribution >= 4 is 11.3 Å². The third kappa shape index (κ3) is 3.53. The lowest BCUT2D eigenvalue weighted by Gasteiger charge is -2.41. The van der Waals surface area contributed by atoms with Crippen molar-refractivity contribution < 1.29 is 0 Å². The highest BCUT2D eigenvalue weighted by atomic mass is 15.2. The van der Waals surface area contributed by atoms with Gasteiger partial charge in [-0.1, -0.05) is 36.6 Å². The molecule has 1 saturated carbocycles. The van der Waals surface area contributed by atoms with E-state index in [0.29, 0.717) is 12.1 Å². The minimum absolute atomic E-state index is 0.369. The molecule has 1 fully saturated rings. The first-order valence-corrected chi connectivity index (χ1v) is 10.9. The smallest absolute Gasteiger partial charge is 0.0697 e. The maximum Gasteiger partial charge on any atom is 0.0697 e. The van der Waals surface area contributed by atoms with E-state index < -0.39 is 0 Å². The molecule has 0 bridgehead atoms. The summed E-state index contributed by atoms with van der Waals surface area (Å²) in [6.07, 6.45) is 7.60. The largest absolute Gasteiger partial charge is 0.361 e. The molecule has 4 rings (SSSR count). The van der Waals surface area contributed by atoms with Gasteiger partial charge in [0.1, 0.15) is 0 Å². The molecule has 0 spiro atoms. The minimum atomic E-state index is 0.369. The van der Waals surface area contributed by atoms with Crippen LogP contribution in [0.25, 0.3) is 5.57 Å². The van der Waals surface area contributed by atoms with Crippen LogP contribution in [0.15, 0.2) is 24.3 Å². The molecule has 2 aromatic rings. The second-order valence-corrected chi connectivity index (χ2v) is 9.12. The number of H-pyrrole nitrogens is 1. The van der Waals surface area contributed by atoms with Gasteiger partial charge in [0.25, 0.3) is 0 Å². The number of fused-ring (bicyclic) bond motifs is 1. The Morgan fingerprint density at radius 2 is 1.79 bits per heavy atom. The van der Waals surface area contributed by atoms with E-state index in [1.807, 2.05) is 0 Å². The molecule has 2 atom stereocenters. The first kappa shape index (κ1) is 19.3. The molecule has 2 aliphatic rings. The van der Waals surface area contributed by atoms with Crippen molar-refractivity contribution in [1.82, 2.24) is 4.98 Å². The monoisotopic (exact) mass is 377 g/mol. The number of aryl methyl sites for hydroxylation is 4. The van der Waals surface area contributed by atoms with Gasteiger partial charge in [0, 0.05) is 23.4 Å². The van der Waals surface area contributed by atoms with Gasteiger partial charge in [0.05, 0.1) is 11.4 Å². The highest BCUT2D eigenvalue weighted by molar-refractivity contribution is 5.90. The van der Waals surface area contributed by atoms with E-state index in [1.54, 1.807) is 0 Å². The molecule has 0 saturated heterocycles. The van der Waals surface area contributed by atoms with Crippen LogP contribution in [0, 0.1) is 33.6 Å². The van der Waals surface area contributed by atoms with Crippen LogP contribution in [0.3, 0.4) is 0 Å². The quantitative estimate of drug-likeness (QED) is 0.707. The fraction of sp³-hybridized carbons (Fsp3) is 0.520. The van der Waals surface area contributed by atoms with E-state index in [2.05, 4.69) is 68.8 Å². The first-order chi connectivity index (χ1) is 13.4. The van der Waals surface area contributed by atoms with Gasteiger partial charge in [0.2, 0.25) is 0 Å². The van der Waals surface area contributed by atoms with Crippen molar-refractivity contribution in [3.05, 3.63) is 57.9 Å². The average Bonchev–Trinajstić information content (AvgIpc) is 3.33. The van der Waals surface area contributed by atoms with E-state index >= 15 is 0 Å². The fourth-order valence-electron chi connectivity index (χ4n) is 5.25. The van der Waals surface area contributed by atoms with E-state index in [9.17, 15) is 0 Å². The molecule has 3 heteroatoms. The van der Waals surface area contributed by atoms with Crippen LogP contribution in [-0.2, 0) is 0 Å². The third-order valence-electron chi connectivity index (χ3n) is 6.47. The van der Waals surface area contributed by atoms with Gasteiger partial charge in [-0.2, -0.15) is 0 Å². The number of nitrogens with one attached hydrogen (secondary N) is 1. The highest BCUT2D eigenvalue weighted by Gasteiger charge is 2.35. The minimum Gasteiger partial charge on any atom is -0.361 e. The zero-order chi connectivity index (χ0) is 20.0. The summed E-state index contributed by atoms with van der Waals surface area (Å²) < 4.78 is 0. The number of aromatic amines is 1. The van der Waals surface area contributed by atoms with Crippen LogP contribution in [0.5, 0.6) is 0 Å². The van der Waals surface area contributed by atoms with Crippen molar-refractivity contribution in [2.45, 2.75) is 72.4 Å². The molecule has 3 nitrogen and oxygen atoms in total. The number of aromatic nitrogens is 1. The van der Waals surface area contributed by atoms with Gasteiger partial charge >= 0.3 is 0 Å². The average molecular weight is 378 g/mol. The first-order valence-electron chi connectivity index (χ1n) is 10.9. The lowest BCUT2D eigenvalue weighted by molar-refractivity contribution is 0.476. The second kappa shape index (κ2) is 7.44. The molecule has 0 amide bonds. The zero-order valence-corrected chi connectivity index (χ0v) is 18.1. The molecular formula is C25H35N3. The molecule has 0 radical (unpaired) electrons.